The van der Waals surface area contributed by atoms with Gasteiger partial charge in [-0.2, -0.15) is 5.10 Å². The van der Waals surface area contributed by atoms with Crippen LogP contribution in [0, 0.1) is 5.92 Å². The third kappa shape index (κ3) is 5.69. The molecular formula is C31H32N10O2. The summed E-state index contributed by atoms with van der Waals surface area (Å²) in [5.74, 6) is 0.632. The summed E-state index contributed by atoms with van der Waals surface area (Å²) in [5, 5.41) is 11.3. The number of imidazole rings is 1. The van der Waals surface area contributed by atoms with Gasteiger partial charge in [-0.1, -0.05) is 0 Å². The van der Waals surface area contributed by atoms with Gasteiger partial charge >= 0.3 is 0 Å². The van der Waals surface area contributed by atoms with E-state index < -0.39 is 0 Å². The van der Waals surface area contributed by atoms with Gasteiger partial charge in [-0.05, 0) is 61.5 Å². The lowest BCUT2D eigenvalue weighted by molar-refractivity contribution is -0.132. The quantitative estimate of drug-likeness (QED) is 0.269. The zero-order valence-electron chi connectivity index (χ0n) is 23.6. The first-order valence-corrected chi connectivity index (χ1v) is 14.5. The highest BCUT2D eigenvalue weighted by atomic mass is 16.2. The minimum atomic E-state index is -0.167. The molecule has 5 aromatic rings. The van der Waals surface area contributed by atoms with Crippen LogP contribution in [-0.4, -0.2) is 97.6 Å². The Morgan fingerprint density at radius 1 is 0.953 bits per heavy atom. The summed E-state index contributed by atoms with van der Waals surface area (Å²) in [6, 6.07) is 15.8. The van der Waals surface area contributed by atoms with Gasteiger partial charge in [-0.3, -0.25) is 19.6 Å². The number of likely N-dealkylation sites (tertiary alicyclic amines) is 1. The Morgan fingerprint density at radius 2 is 1.77 bits per heavy atom. The topological polar surface area (TPSA) is 139 Å². The van der Waals surface area contributed by atoms with Crippen molar-refractivity contribution in [3.05, 3.63) is 73.4 Å². The number of carbonyl (C=O) groups is 2. The SMILES string of the molecule is O=C(Nc1ccc2[nH]nc(-c3c[nH]cn3)c2c1)[C@@H]1CCN(CC(=O)N2CCN(c3ccc(-c4ncccn4)cc3)CC2)C1. The zero-order chi connectivity index (χ0) is 29.2. The van der Waals surface area contributed by atoms with Crippen molar-refractivity contribution < 1.29 is 9.59 Å². The first kappa shape index (κ1) is 26.8. The Morgan fingerprint density at radius 3 is 2.53 bits per heavy atom. The van der Waals surface area contributed by atoms with Crippen LogP contribution >= 0.6 is 0 Å². The first-order chi connectivity index (χ1) is 21.1. The molecule has 0 spiro atoms. The van der Waals surface area contributed by atoms with E-state index in [4.69, 9.17) is 0 Å². The molecule has 0 saturated carbocycles. The van der Waals surface area contributed by atoms with Crippen LogP contribution < -0.4 is 10.2 Å². The molecule has 2 saturated heterocycles. The number of hydrogen-bond acceptors (Lipinski definition) is 8. The van der Waals surface area contributed by atoms with E-state index in [9.17, 15) is 9.59 Å². The number of aromatic amines is 2. The molecule has 3 aromatic heterocycles. The number of H-pyrrole nitrogens is 2. The number of anilines is 2. The maximum Gasteiger partial charge on any atom is 0.236 e. The molecule has 1 atom stereocenters. The first-order valence-electron chi connectivity index (χ1n) is 14.5. The predicted octanol–water partition coefficient (Wildman–Crippen LogP) is 3.02. The second kappa shape index (κ2) is 11.6. The van der Waals surface area contributed by atoms with Crippen molar-refractivity contribution in [3.8, 4) is 22.8 Å². The molecule has 2 aliphatic heterocycles. The van der Waals surface area contributed by atoms with Crippen molar-refractivity contribution in [2.45, 2.75) is 6.42 Å². The number of nitrogens with one attached hydrogen (secondary N) is 3. The van der Waals surface area contributed by atoms with E-state index in [-0.39, 0.29) is 17.7 Å². The van der Waals surface area contributed by atoms with Gasteiger partial charge in [0.05, 0.1) is 24.3 Å². The average Bonchev–Trinajstić information content (AvgIpc) is 3.83. The number of benzene rings is 2. The maximum absolute atomic E-state index is 13.1. The minimum Gasteiger partial charge on any atom is -0.368 e. The fourth-order valence-corrected chi connectivity index (χ4v) is 5.89. The molecule has 7 rings (SSSR count). The fourth-order valence-electron chi connectivity index (χ4n) is 5.89. The van der Waals surface area contributed by atoms with Crippen molar-refractivity contribution in [1.82, 2.24) is 39.9 Å². The smallest absolute Gasteiger partial charge is 0.236 e. The van der Waals surface area contributed by atoms with Gasteiger partial charge in [0.1, 0.15) is 11.4 Å². The van der Waals surface area contributed by atoms with Gasteiger partial charge < -0.3 is 20.1 Å². The van der Waals surface area contributed by atoms with Crippen LogP contribution in [0.4, 0.5) is 11.4 Å². The van der Waals surface area contributed by atoms with Crippen molar-refractivity contribution in [1.29, 1.82) is 0 Å². The molecule has 0 unspecified atom stereocenters. The number of carbonyl (C=O) groups excluding carboxylic acids is 2. The Kier molecular flexibility index (Phi) is 7.25. The van der Waals surface area contributed by atoms with E-state index in [2.05, 4.69) is 57.4 Å². The van der Waals surface area contributed by atoms with Crippen LogP contribution in [0.3, 0.4) is 0 Å². The van der Waals surface area contributed by atoms with Gasteiger partial charge in [0.25, 0.3) is 0 Å². The molecule has 12 heteroatoms. The monoisotopic (exact) mass is 576 g/mol. The van der Waals surface area contributed by atoms with E-state index in [0.717, 1.165) is 59.6 Å². The summed E-state index contributed by atoms with van der Waals surface area (Å²) >= 11 is 0. The molecule has 0 radical (unpaired) electrons. The summed E-state index contributed by atoms with van der Waals surface area (Å²) in [6.07, 6.45) is 7.61. The van der Waals surface area contributed by atoms with E-state index in [1.165, 1.54) is 0 Å². The van der Waals surface area contributed by atoms with Crippen LogP contribution in [0.5, 0.6) is 0 Å². The highest BCUT2D eigenvalue weighted by Gasteiger charge is 2.31. The van der Waals surface area contributed by atoms with Gasteiger partial charge in [0, 0.05) is 73.6 Å². The predicted molar refractivity (Wildman–Crippen MR) is 163 cm³/mol. The second-order valence-corrected chi connectivity index (χ2v) is 11.0. The number of fused-ring (bicyclic) bond motifs is 1. The lowest BCUT2D eigenvalue weighted by atomic mass is 10.1. The molecule has 5 heterocycles. The molecule has 12 nitrogen and oxygen atoms in total. The largest absolute Gasteiger partial charge is 0.368 e. The average molecular weight is 577 g/mol. The van der Waals surface area contributed by atoms with E-state index in [0.29, 0.717) is 37.7 Å². The van der Waals surface area contributed by atoms with Crippen LogP contribution in [0.25, 0.3) is 33.7 Å². The Hall–Kier alpha value is -5.10. The van der Waals surface area contributed by atoms with E-state index in [1.807, 2.05) is 35.2 Å². The molecule has 3 N–H and O–H groups in total. The standard InChI is InChI=1S/C31H32N10O2/c42-28(41-14-12-40(13-15-41)24-5-2-21(3-6-24)30-33-9-1-10-34-30)19-39-11-8-22(18-39)31(43)36-23-4-7-26-25(16-23)29(38-37-26)27-17-32-20-35-27/h1-7,9-10,16-17,20,22H,8,11-15,18-19H2,(H,32,35)(H,36,43)(H,37,38)/t22-/m1/s1. The summed E-state index contributed by atoms with van der Waals surface area (Å²) in [6.45, 7) is 4.55. The third-order valence-electron chi connectivity index (χ3n) is 8.26. The normalized spacial score (nSPS) is 17.4. The Bertz CT molecular complexity index is 1710. The molecule has 218 valence electrons. The Balaban J connectivity index is 0.894. The van der Waals surface area contributed by atoms with E-state index >= 15 is 0 Å². The number of piperazine rings is 1. The zero-order valence-corrected chi connectivity index (χ0v) is 23.6. The van der Waals surface area contributed by atoms with Crippen LogP contribution in [0.2, 0.25) is 0 Å². The van der Waals surface area contributed by atoms with Crippen LogP contribution in [0.1, 0.15) is 6.42 Å². The molecular weight excluding hydrogens is 544 g/mol. The summed E-state index contributed by atoms with van der Waals surface area (Å²) < 4.78 is 0. The van der Waals surface area contributed by atoms with Crippen molar-refractivity contribution in [2.75, 3.05) is 56.0 Å². The summed E-state index contributed by atoms with van der Waals surface area (Å²) in [7, 11) is 0. The lowest BCUT2D eigenvalue weighted by Gasteiger charge is -2.36. The summed E-state index contributed by atoms with van der Waals surface area (Å²) in [5.41, 5.74) is 5.17. The molecule has 0 aliphatic carbocycles. The molecule has 2 amide bonds. The van der Waals surface area contributed by atoms with E-state index in [1.54, 1.807) is 31.0 Å². The molecule has 0 bridgehead atoms. The maximum atomic E-state index is 13.1. The fraction of sp³-hybridized carbons (Fsp3) is 0.290. The number of rotatable bonds is 7. The van der Waals surface area contributed by atoms with Crippen molar-refractivity contribution >= 4 is 34.1 Å². The Labute approximate surface area is 248 Å². The van der Waals surface area contributed by atoms with Gasteiger partial charge in [0.15, 0.2) is 5.82 Å². The number of nitrogens with zero attached hydrogens (tertiary/aromatic N) is 7. The highest BCUT2D eigenvalue weighted by Crippen LogP contribution is 2.28. The van der Waals surface area contributed by atoms with Crippen LogP contribution in [0.15, 0.2) is 73.4 Å². The van der Waals surface area contributed by atoms with Crippen LogP contribution in [-0.2, 0) is 9.59 Å². The molecule has 2 aromatic carbocycles. The lowest BCUT2D eigenvalue weighted by Crippen LogP contribution is -2.51. The minimum absolute atomic E-state index is 0.0300. The molecule has 2 fully saturated rings. The van der Waals surface area contributed by atoms with Gasteiger partial charge in [0.2, 0.25) is 11.8 Å². The van der Waals surface area contributed by atoms with Crippen molar-refractivity contribution in [2.24, 2.45) is 5.92 Å². The highest BCUT2D eigenvalue weighted by molar-refractivity contribution is 5.98. The molecule has 43 heavy (non-hydrogen) atoms. The molecule has 2 aliphatic rings. The third-order valence-corrected chi connectivity index (χ3v) is 8.26. The van der Waals surface area contributed by atoms with Gasteiger partial charge in [-0.25, -0.2) is 15.0 Å². The summed E-state index contributed by atoms with van der Waals surface area (Å²) in [4.78, 5) is 48.4. The van der Waals surface area contributed by atoms with Gasteiger partial charge in [-0.15, -0.1) is 0 Å². The second-order valence-electron chi connectivity index (χ2n) is 11.0. The van der Waals surface area contributed by atoms with Crippen molar-refractivity contribution in [3.63, 3.8) is 0 Å². The number of hydrogen-bond donors (Lipinski definition) is 3. The number of amides is 2. The number of aromatic nitrogens is 6.